The molecular weight excluding hydrogens is 538 g/mol. The van der Waals surface area contributed by atoms with Crippen LogP contribution >= 0.6 is 23.2 Å². The predicted octanol–water partition coefficient (Wildman–Crippen LogP) is 1.99. The highest BCUT2D eigenvalue weighted by Gasteiger charge is 2.46. The number of carbonyl (C=O) groups excluding carboxylic acids is 1. The van der Waals surface area contributed by atoms with Crippen LogP contribution in [0.3, 0.4) is 0 Å². The first kappa shape index (κ1) is 26.4. The van der Waals surface area contributed by atoms with Crippen molar-refractivity contribution in [3.05, 3.63) is 69.9 Å². The molecule has 1 aromatic carbocycles. The molecule has 0 spiro atoms. The average molecular weight is 559 g/mol. The second-order valence-corrected chi connectivity index (χ2v) is 10.3. The summed E-state index contributed by atoms with van der Waals surface area (Å²) in [4.78, 5) is 21.1. The molecule has 3 aromatic rings. The summed E-state index contributed by atoms with van der Waals surface area (Å²) >= 11 is 12.2. The van der Waals surface area contributed by atoms with E-state index in [0.717, 1.165) is 13.4 Å². The molecule has 15 heteroatoms. The minimum Gasteiger partial charge on any atom is -0.387 e. The quantitative estimate of drug-likeness (QED) is 0.335. The summed E-state index contributed by atoms with van der Waals surface area (Å²) < 4.78 is 46.3. The SMILES string of the molecule is CNS(=O)(=O)O[C@@H]1C[C@@H](Nc2ncncc2C(=O)c2ccn(Cc3cc(Cl)ccc3Cl)n2)[C@@H](F)[C@@H]1O. The standard InChI is InChI=1S/C21H21Cl2FN6O5S/c1-25-36(33,34)35-17-7-16(18(24)20(17)32)28-21-13(8-26-10-27-21)19(31)15-4-5-30(29-15)9-11-6-12(22)2-3-14(11)23/h2-6,8,10,16-18,20,25,32H,7,9H2,1H3,(H,26,27,28)/t16-,17-,18-,20-/m1/s1. The number of hydrogen-bond donors (Lipinski definition) is 3. The summed E-state index contributed by atoms with van der Waals surface area (Å²) in [6.45, 7) is 0.267. The van der Waals surface area contributed by atoms with Gasteiger partial charge in [0.05, 0.1) is 18.2 Å². The van der Waals surface area contributed by atoms with Crippen molar-refractivity contribution in [1.29, 1.82) is 0 Å². The lowest BCUT2D eigenvalue weighted by Gasteiger charge is -2.17. The van der Waals surface area contributed by atoms with Crippen molar-refractivity contribution in [2.75, 3.05) is 12.4 Å². The lowest BCUT2D eigenvalue weighted by Crippen LogP contribution is -2.35. The minimum absolute atomic E-state index is 0.000547. The van der Waals surface area contributed by atoms with E-state index in [4.69, 9.17) is 27.4 Å². The molecule has 192 valence electrons. The maximum Gasteiger partial charge on any atom is 0.335 e. The highest BCUT2D eigenvalue weighted by atomic mass is 35.5. The Morgan fingerprint density at radius 3 is 2.86 bits per heavy atom. The average Bonchev–Trinajstić information content (AvgIpc) is 3.42. The maximum absolute atomic E-state index is 14.8. The molecule has 1 saturated carbocycles. The van der Waals surface area contributed by atoms with E-state index in [-0.39, 0.29) is 30.0 Å². The summed E-state index contributed by atoms with van der Waals surface area (Å²) in [6, 6.07) is 5.44. The van der Waals surface area contributed by atoms with Crippen molar-refractivity contribution in [2.45, 2.75) is 37.4 Å². The van der Waals surface area contributed by atoms with E-state index < -0.39 is 40.5 Å². The van der Waals surface area contributed by atoms with Crippen molar-refractivity contribution in [2.24, 2.45) is 0 Å². The highest BCUT2D eigenvalue weighted by molar-refractivity contribution is 7.84. The van der Waals surface area contributed by atoms with E-state index >= 15 is 0 Å². The fourth-order valence-electron chi connectivity index (χ4n) is 3.74. The van der Waals surface area contributed by atoms with Gasteiger partial charge in [0.15, 0.2) is 0 Å². The smallest absolute Gasteiger partial charge is 0.335 e. The van der Waals surface area contributed by atoms with Crippen molar-refractivity contribution >= 4 is 45.1 Å². The number of aliphatic hydroxyl groups is 1. The number of aliphatic hydroxyl groups excluding tert-OH is 1. The van der Waals surface area contributed by atoms with Gasteiger partial charge in [0.25, 0.3) is 0 Å². The van der Waals surface area contributed by atoms with Crippen LogP contribution in [0.5, 0.6) is 0 Å². The molecule has 11 nitrogen and oxygen atoms in total. The van der Waals surface area contributed by atoms with Crippen LogP contribution in [0, 0.1) is 0 Å². The molecule has 4 rings (SSSR count). The Morgan fingerprint density at radius 1 is 1.33 bits per heavy atom. The zero-order valence-electron chi connectivity index (χ0n) is 18.7. The zero-order valence-corrected chi connectivity index (χ0v) is 21.0. The van der Waals surface area contributed by atoms with Crippen molar-refractivity contribution in [1.82, 2.24) is 24.5 Å². The van der Waals surface area contributed by atoms with Gasteiger partial charge in [-0.1, -0.05) is 23.2 Å². The monoisotopic (exact) mass is 558 g/mol. The van der Waals surface area contributed by atoms with Gasteiger partial charge in [-0.25, -0.2) is 14.4 Å². The van der Waals surface area contributed by atoms with Crippen molar-refractivity contribution < 1.29 is 26.9 Å². The second kappa shape index (κ2) is 10.7. The van der Waals surface area contributed by atoms with Gasteiger partial charge in [0.1, 0.15) is 36.2 Å². The van der Waals surface area contributed by atoms with Crippen molar-refractivity contribution in [3.63, 3.8) is 0 Å². The number of carbonyl (C=O) groups is 1. The number of nitrogens with zero attached hydrogens (tertiary/aromatic N) is 4. The molecular formula is C21H21Cl2FN6O5S. The van der Waals surface area contributed by atoms with Gasteiger partial charge in [-0.2, -0.15) is 18.2 Å². The minimum atomic E-state index is -4.15. The Bertz CT molecular complexity index is 1370. The van der Waals surface area contributed by atoms with Gasteiger partial charge in [-0.15, -0.1) is 0 Å². The fraction of sp³-hybridized carbons (Fsp3) is 0.333. The Hall–Kier alpha value is -2.68. The van der Waals surface area contributed by atoms with E-state index in [0.29, 0.717) is 15.6 Å². The van der Waals surface area contributed by atoms with Gasteiger partial charge in [-0.05, 0) is 29.8 Å². The predicted molar refractivity (Wildman–Crippen MR) is 129 cm³/mol. The van der Waals surface area contributed by atoms with E-state index in [1.165, 1.54) is 16.9 Å². The van der Waals surface area contributed by atoms with Crippen LogP contribution in [0.2, 0.25) is 10.0 Å². The number of benzene rings is 1. The number of anilines is 1. The number of aromatic nitrogens is 4. The normalized spacial score (nSPS) is 22.0. The molecule has 1 aliphatic carbocycles. The number of rotatable bonds is 9. The Balaban J connectivity index is 1.51. The van der Waals surface area contributed by atoms with E-state index in [1.807, 2.05) is 4.72 Å². The molecule has 0 amide bonds. The third-order valence-corrected chi connectivity index (χ3v) is 7.17. The Labute approximate surface area is 215 Å². The number of alkyl halides is 1. The largest absolute Gasteiger partial charge is 0.387 e. The van der Waals surface area contributed by atoms with Gasteiger partial charge in [0, 0.05) is 35.9 Å². The first-order chi connectivity index (χ1) is 17.1. The van der Waals surface area contributed by atoms with Gasteiger partial charge >= 0.3 is 10.3 Å². The van der Waals surface area contributed by atoms with Crippen LogP contribution in [-0.2, 0) is 21.0 Å². The van der Waals surface area contributed by atoms with Gasteiger partial charge in [0.2, 0.25) is 5.78 Å². The molecule has 0 radical (unpaired) electrons. The maximum atomic E-state index is 14.8. The number of hydrogen-bond acceptors (Lipinski definition) is 9. The second-order valence-electron chi connectivity index (χ2n) is 7.96. The topological polar surface area (TPSA) is 148 Å². The van der Waals surface area contributed by atoms with Gasteiger partial charge in [-0.3, -0.25) is 13.7 Å². The van der Waals surface area contributed by atoms with Gasteiger partial charge < -0.3 is 10.4 Å². The summed E-state index contributed by atoms with van der Waals surface area (Å²) in [6.07, 6.45) is -1.11. The van der Waals surface area contributed by atoms with E-state index in [9.17, 15) is 22.7 Å². The molecule has 0 saturated heterocycles. The van der Waals surface area contributed by atoms with Crippen LogP contribution in [0.15, 0.2) is 43.0 Å². The molecule has 0 aliphatic heterocycles. The van der Waals surface area contributed by atoms with Crippen LogP contribution in [-0.4, -0.2) is 70.5 Å². The molecule has 1 fully saturated rings. The zero-order chi connectivity index (χ0) is 26.0. The highest BCUT2D eigenvalue weighted by Crippen LogP contribution is 2.30. The molecule has 36 heavy (non-hydrogen) atoms. The first-order valence-electron chi connectivity index (χ1n) is 10.6. The Morgan fingerprint density at radius 2 is 2.11 bits per heavy atom. The molecule has 3 N–H and O–H groups in total. The summed E-state index contributed by atoms with van der Waals surface area (Å²) in [5, 5.41) is 18.2. The van der Waals surface area contributed by atoms with E-state index in [2.05, 4.69) is 20.4 Å². The first-order valence-corrected chi connectivity index (χ1v) is 12.8. The van der Waals surface area contributed by atoms with Crippen molar-refractivity contribution in [3.8, 4) is 0 Å². The Kier molecular flexibility index (Phi) is 7.87. The number of ketones is 1. The summed E-state index contributed by atoms with van der Waals surface area (Å²) in [7, 11) is -3.02. The van der Waals surface area contributed by atoms with Crippen LogP contribution in [0.25, 0.3) is 0 Å². The lowest BCUT2D eigenvalue weighted by atomic mass is 10.1. The molecule has 0 unspecified atom stereocenters. The molecule has 0 bridgehead atoms. The van der Waals surface area contributed by atoms with E-state index in [1.54, 1.807) is 24.4 Å². The third-order valence-electron chi connectivity index (χ3n) is 5.57. The summed E-state index contributed by atoms with van der Waals surface area (Å²) in [5.41, 5.74) is 0.801. The third kappa shape index (κ3) is 5.82. The molecule has 2 heterocycles. The number of nitrogens with one attached hydrogen (secondary N) is 2. The summed E-state index contributed by atoms with van der Waals surface area (Å²) in [5.74, 6) is -0.534. The molecule has 4 atom stereocenters. The fourth-order valence-corrected chi connectivity index (χ4v) is 4.73. The number of halogens is 3. The molecule has 1 aliphatic rings. The van der Waals surface area contributed by atoms with Crippen LogP contribution in [0.1, 0.15) is 28.0 Å². The van der Waals surface area contributed by atoms with Crippen LogP contribution in [0.4, 0.5) is 10.2 Å². The lowest BCUT2D eigenvalue weighted by molar-refractivity contribution is 0.0248. The van der Waals surface area contributed by atoms with Crippen LogP contribution < -0.4 is 10.0 Å². The molecule has 2 aromatic heterocycles.